The van der Waals surface area contributed by atoms with E-state index < -0.39 is 11.9 Å². The molecule has 112 valence electrons. The number of carbonyl (C=O) groups is 1. The zero-order valence-electron chi connectivity index (χ0n) is 12.9. The maximum atomic E-state index is 11.2. The highest BCUT2D eigenvalue weighted by molar-refractivity contribution is 5.71. The summed E-state index contributed by atoms with van der Waals surface area (Å²) in [6, 6.07) is 3.75. The zero-order chi connectivity index (χ0) is 15.3. The molecule has 5 nitrogen and oxygen atoms in total. The Kier molecular flexibility index (Phi) is 5.80. The normalized spacial score (nSPS) is 13.9. The molecular formula is C15H25N3O2. The number of carboxylic acid groups (broad SMARTS) is 1. The van der Waals surface area contributed by atoms with Gasteiger partial charge >= 0.3 is 5.97 Å². The van der Waals surface area contributed by atoms with Gasteiger partial charge in [-0.05, 0) is 31.4 Å². The van der Waals surface area contributed by atoms with Crippen LogP contribution < -0.4 is 10.2 Å². The van der Waals surface area contributed by atoms with E-state index in [0.29, 0.717) is 5.92 Å². The Morgan fingerprint density at radius 1 is 1.35 bits per heavy atom. The standard InChI is InChI=1S/C15H25N3O2/c1-10(2)8-13(11(3)15(19)20)17-12-6-7-14(16-9-12)18(4)5/h6-7,9-11,13,17H,8H2,1-5H3,(H,19,20). The van der Waals surface area contributed by atoms with Crippen molar-refractivity contribution in [3.63, 3.8) is 0 Å². The number of nitrogens with zero attached hydrogens (tertiary/aromatic N) is 2. The van der Waals surface area contributed by atoms with Crippen molar-refractivity contribution in [2.24, 2.45) is 11.8 Å². The van der Waals surface area contributed by atoms with Gasteiger partial charge in [0, 0.05) is 20.1 Å². The maximum Gasteiger partial charge on any atom is 0.308 e. The van der Waals surface area contributed by atoms with Crippen molar-refractivity contribution in [2.75, 3.05) is 24.3 Å². The molecule has 0 aliphatic carbocycles. The highest BCUT2D eigenvalue weighted by Crippen LogP contribution is 2.20. The molecule has 0 bridgehead atoms. The van der Waals surface area contributed by atoms with E-state index >= 15 is 0 Å². The van der Waals surface area contributed by atoms with Gasteiger partial charge in [-0.15, -0.1) is 0 Å². The molecule has 0 aliphatic heterocycles. The van der Waals surface area contributed by atoms with Crippen molar-refractivity contribution in [1.82, 2.24) is 4.98 Å². The molecule has 0 aliphatic rings. The topological polar surface area (TPSA) is 65.5 Å². The Morgan fingerprint density at radius 3 is 2.40 bits per heavy atom. The van der Waals surface area contributed by atoms with E-state index in [2.05, 4.69) is 24.1 Å². The largest absolute Gasteiger partial charge is 0.481 e. The molecule has 20 heavy (non-hydrogen) atoms. The Balaban J connectivity index is 2.80. The fraction of sp³-hybridized carbons (Fsp3) is 0.600. The minimum Gasteiger partial charge on any atom is -0.481 e. The molecule has 2 atom stereocenters. The molecular weight excluding hydrogens is 254 g/mol. The Bertz CT molecular complexity index is 429. The number of aromatic nitrogens is 1. The van der Waals surface area contributed by atoms with Crippen molar-refractivity contribution in [2.45, 2.75) is 33.2 Å². The van der Waals surface area contributed by atoms with Crippen LogP contribution >= 0.6 is 0 Å². The molecule has 2 unspecified atom stereocenters. The monoisotopic (exact) mass is 279 g/mol. The van der Waals surface area contributed by atoms with Crippen LogP contribution in [0.4, 0.5) is 11.5 Å². The molecule has 0 radical (unpaired) electrons. The summed E-state index contributed by atoms with van der Waals surface area (Å²) in [5, 5.41) is 12.5. The Labute approximate surface area is 121 Å². The van der Waals surface area contributed by atoms with Crippen LogP contribution in [-0.4, -0.2) is 36.2 Å². The number of pyridine rings is 1. The van der Waals surface area contributed by atoms with Gasteiger partial charge in [0.25, 0.3) is 0 Å². The lowest BCUT2D eigenvalue weighted by molar-refractivity contribution is -0.141. The van der Waals surface area contributed by atoms with Crippen LogP contribution in [0.1, 0.15) is 27.2 Å². The first kappa shape index (κ1) is 16.3. The minimum absolute atomic E-state index is 0.0977. The van der Waals surface area contributed by atoms with Gasteiger partial charge in [0.1, 0.15) is 5.82 Å². The average molecular weight is 279 g/mol. The Hall–Kier alpha value is -1.78. The summed E-state index contributed by atoms with van der Waals surface area (Å²) in [4.78, 5) is 17.5. The highest BCUT2D eigenvalue weighted by atomic mass is 16.4. The number of nitrogens with one attached hydrogen (secondary N) is 1. The number of aliphatic carboxylic acids is 1. The van der Waals surface area contributed by atoms with E-state index in [1.54, 1.807) is 13.1 Å². The van der Waals surface area contributed by atoms with Gasteiger partial charge in [-0.1, -0.05) is 13.8 Å². The summed E-state index contributed by atoms with van der Waals surface area (Å²) >= 11 is 0. The summed E-state index contributed by atoms with van der Waals surface area (Å²) < 4.78 is 0. The number of hydrogen-bond acceptors (Lipinski definition) is 4. The average Bonchev–Trinajstić information content (AvgIpc) is 2.37. The van der Waals surface area contributed by atoms with Gasteiger partial charge < -0.3 is 15.3 Å². The van der Waals surface area contributed by atoms with Gasteiger partial charge in [0.15, 0.2) is 0 Å². The van der Waals surface area contributed by atoms with Crippen LogP contribution in [0, 0.1) is 11.8 Å². The smallest absolute Gasteiger partial charge is 0.308 e. The predicted molar refractivity (Wildman–Crippen MR) is 82.2 cm³/mol. The summed E-state index contributed by atoms with van der Waals surface area (Å²) in [6.07, 6.45) is 2.56. The second-order valence-corrected chi connectivity index (χ2v) is 5.81. The van der Waals surface area contributed by atoms with E-state index in [9.17, 15) is 9.90 Å². The van der Waals surface area contributed by atoms with Crippen LogP contribution in [0.2, 0.25) is 0 Å². The third-order valence-corrected chi connectivity index (χ3v) is 3.28. The van der Waals surface area contributed by atoms with Crippen LogP contribution in [-0.2, 0) is 4.79 Å². The lowest BCUT2D eigenvalue weighted by Gasteiger charge is -2.25. The third-order valence-electron chi connectivity index (χ3n) is 3.28. The van der Waals surface area contributed by atoms with Crippen molar-refractivity contribution in [1.29, 1.82) is 0 Å². The van der Waals surface area contributed by atoms with Gasteiger partial charge in [-0.2, -0.15) is 0 Å². The third kappa shape index (κ3) is 4.72. The molecule has 0 spiro atoms. The molecule has 2 N–H and O–H groups in total. The first-order chi connectivity index (χ1) is 9.31. The van der Waals surface area contributed by atoms with E-state index in [1.165, 1.54) is 0 Å². The molecule has 1 heterocycles. The summed E-state index contributed by atoms with van der Waals surface area (Å²) in [6.45, 7) is 5.93. The molecule has 0 fully saturated rings. The van der Waals surface area contributed by atoms with E-state index in [0.717, 1.165) is 17.9 Å². The SMILES string of the molecule is CC(C)CC(Nc1ccc(N(C)C)nc1)C(C)C(=O)O. The van der Waals surface area contributed by atoms with E-state index in [-0.39, 0.29) is 6.04 Å². The molecule has 1 aromatic rings. The van der Waals surface area contributed by atoms with E-state index in [4.69, 9.17) is 0 Å². The summed E-state index contributed by atoms with van der Waals surface area (Å²) in [5.74, 6) is 0.0949. The van der Waals surface area contributed by atoms with Crippen LogP contribution in [0.25, 0.3) is 0 Å². The molecule has 0 aromatic carbocycles. The second-order valence-electron chi connectivity index (χ2n) is 5.81. The zero-order valence-corrected chi connectivity index (χ0v) is 12.9. The lowest BCUT2D eigenvalue weighted by Crippen LogP contribution is -2.33. The quantitative estimate of drug-likeness (QED) is 0.803. The van der Waals surface area contributed by atoms with Crippen LogP contribution in [0.5, 0.6) is 0 Å². The predicted octanol–water partition coefficient (Wildman–Crippen LogP) is 2.69. The molecule has 0 saturated heterocycles. The Morgan fingerprint density at radius 2 is 2.00 bits per heavy atom. The fourth-order valence-corrected chi connectivity index (χ4v) is 2.02. The van der Waals surface area contributed by atoms with Gasteiger partial charge in [-0.3, -0.25) is 4.79 Å². The first-order valence-electron chi connectivity index (χ1n) is 6.94. The molecule has 5 heteroatoms. The number of carboxylic acids is 1. The lowest BCUT2D eigenvalue weighted by atomic mass is 9.93. The molecule has 0 amide bonds. The number of hydrogen-bond donors (Lipinski definition) is 2. The maximum absolute atomic E-state index is 11.2. The fourth-order valence-electron chi connectivity index (χ4n) is 2.02. The summed E-state index contributed by atoms with van der Waals surface area (Å²) in [7, 11) is 3.87. The van der Waals surface area contributed by atoms with Crippen molar-refractivity contribution < 1.29 is 9.90 Å². The van der Waals surface area contributed by atoms with Crippen molar-refractivity contribution in [3.05, 3.63) is 18.3 Å². The minimum atomic E-state index is -0.777. The molecule has 1 rings (SSSR count). The van der Waals surface area contributed by atoms with E-state index in [1.807, 2.05) is 31.1 Å². The van der Waals surface area contributed by atoms with Crippen LogP contribution in [0.15, 0.2) is 18.3 Å². The molecule has 0 saturated carbocycles. The number of rotatable bonds is 7. The molecule has 1 aromatic heterocycles. The number of anilines is 2. The van der Waals surface area contributed by atoms with Gasteiger partial charge in [0.05, 0.1) is 17.8 Å². The summed E-state index contributed by atoms with van der Waals surface area (Å²) in [5.41, 5.74) is 0.856. The van der Waals surface area contributed by atoms with Crippen LogP contribution in [0.3, 0.4) is 0 Å². The van der Waals surface area contributed by atoms with Crippen molar-refractivity contribution >= 4 is 17.5 Å². The highest BCUT2D eigenvalue weighted by Gasteiger charge is 2.24. The van der Waals surface area contributed by atoms with Gasteiger partial charge in [0.2, 0.25) is 0 Å². The second kappa shape index (κ2) is 7.12. The first-order valence-corrected chi connectivity index (χ1v) is 6.94. The van der Waals surface area contributed by atoms with Gasteiger partial charge in [-0.25, -0.2) is 4.98 Å². The van der Waals surface area contributed by atoms with Crippen molar-refractivity contribution in [3.8, 4) is 0 Å².